The summed E-state index contributed by atoms with van der Waals surface area (Å²) in [5.41, 5.74) is 1.79. The Labute approximate surface area is 106 Å². The minimum atomic E-state index is -0.0107. The van der Waals surface area contributed by atoms with Crippen molar-refractivity contribution in [2.45, 2.75) is 32.0 Å². The van der Waals surface area contributed by atoms with Gasteiger partial charge in [0.25, 0.3) is 5.91 Å². The van der Waals surface area contributed by atoms with Gasteiger partial charge in [-0.15, -0.1) is 0 Å². The first-order valence-electron chi connectivity index (χ1n) is 6.49. The maximum absolute atomic E-state index is 12.5. The average molecular weight is 250 g/mol. The zero-order valence-corrected chi connectivity index (χ0v) is 10.3. The van der Waals surface area contributed by atoms with Gasteiger partial charge in [0.2, 0.25) is 0 Å². The van der Waals surface area contributed by atoms with Gasteiger partial charge >= 0.3 is 0 Å². The largest absolute Gasteiger partial charge is 0.394 e. The van der Waals surface area contributed by atoms with Crippen molar-refractivity contribution in [3.05, 3.63) is 23.5 Å². The van der Waals surface area contributed by atoms with Crippen LogP contribution in [-0.2, 0) is 17.9 Å². The lowest BCUT2D eigenvalue weighted by molar-refractivity contribution is 0.0633. The van der Waals surface area contributed by atoms with Crippen molar-refractivity contribution in [1.82, 2.24) is 9.47 Å². The molecule has 0 aliphatic carbocycles. The van der Waals surface area contributed by atoms with Crippen LogP contribution in [0.5, 0.6) is 0 Å². The smallest absolute Gasteiger partial charge is 0.270 e. The molecule has 0 aromatic carbocycles. The van der Waals surface area contributed by atoms with Gasteiger partial charge in [-0.25, -0.2) is 0 Å². The number of aromatic nitrogens is 1. The number of aliphatic hydroxyl groups excluding tert-OH is 1. The Bertz CT molecular complexity index is 455. The number of ether oxygens (including phenoxy) is 1. The van der Waals surface area contributed by atoms with Gasteiger partial charge in [0.15, 0.2) is 0 Å². The minimum Gasteiger partial charge on any atom is -0.394 e. The van der Waals surface area contributed by atoms with Crippen molar-refractivity contribution in [2.75, 3.05) is 19.8 Å². The lowest BCUT2D eigenvalue weighted by Crippen LogP contribution is -2.39. The van der Waals surface area contributed by atoms with E-state index in [0.717, 1.165) is 37.3 Å². The van der Waals surface area contributed by atoms with Gasteiger partial charge in [-0.3, -0.25) is 4.79 Å². The molecule has 0 radical (unpaired) electrons. The van der Waals surface area contributed by atoms with E-state index in [1.807, 2.05) is 16.7 Å². The summed E-state index contributed by atoms with van der Waals surface area (Å²) in [6, 6.07) is 3.82. The second-order valence-corrected chi connectivity index (χ2v) is 4.89. The summed E-state index contributed by atoms with van der Waals surface area (Å²) in [5.74, 6) is 0.0414. The van der Waals surface area contributed by atoms with Crippen LogP contribution >= 0.6 is 0 Å². The summed E-state index contributed by atoms with van der Waals surface area (Å²) in [5, 5.41) is 9.30. The molecule has 1 aromatic rings. The van der Waals surface area contributed by atoms with Gasteiger partial charge in [-0.05, 0) is 25.0 Å². The number of hydrogen-bond acceptors (Lipinski definition) is 3. The maximum atomic E-state index is 12.5. The first kappa shape index (κ1) is 11.7. The number of carbonyl (C=O) groups is 1. The third kappa shape index (κ3) is 1.83. The molecule has 18 heavy (non-hydrogen) atoms. The van der Waals surface area contributed by atoms with E-state index >= 15 is 0 Å². The molecule has 5 heteroatoms. The standard InChI is InChI=1S/C13H18N2O3/c16-8-10-2-1-5-15(10)13(17)12-4-3-11-9-18-7-6-14(11)12/h3-4,10,16H,1-2,5-9H2/t10-/m1/s1. The summed E-state index contributed by atoms with van der Waals surface area (Å²) >= 11 is 0. The normalized spacial score (nSPS) is 23.2. The molecular formula is C13H18N2O3. The summed E-state index contributed by atoms with van der Waals surface area (Å²) in [6.45, 7) is 2.78. The van der Waals surface area contributed by atoms with Crippen LogP contribution in [-0.4, -0.2) is 46.3 Å². The Morgan fingerprint density at radius 2 is 2.33 bits per heavy atom. The molecule has 98 valence electrons. The van der Waals surface area contributed by atoms with Crippen molar-refractivity contribution in [3.8, 4) is 0 Å². The van der Waals surface area contributed by atoms with E-state index in [9.17, 15) is 9.90 Å². The molecule has 0 unspecified atom stereocenters. The number of nitrogens with zero attached hydrogens (tertiary/aromatic N) is 2. The molecule has 1 N–H and O–H groups in total. The van der Waals surface area contributed by atoms with Crippen LogP contribution in [0.3, 0.4) is 0 Å². The number of rotatable bonds is 2. The third-order valence-electron chi connectivity index (χ3n) is 3.85. The molecule has 2 aliphatic rings. The molecule has 0 bridgehead atoms. The van der Waals surface area contributed by atoms with Crippen LogP contribution in [0.1, 0.15) is 29.0 Å². The molecule has 1 saturated heterocycles. The first-order valence-corrected chi connectivity index (χ1v) is 6.49. The molecule has 0 saturated carbocycles. The van der Waals surface area contributed by atoms with Gasteiger partial charge in [-0.1, -0.05) is 0 Å². The number of likely N-dealkylation sites (tertiary alicyclic amines) is 1. The molecule has 5 nitrogen and oxygen atoms in total. The van der Waals surface area contributed by atoms with Crippen molar-refractivity contribution < 1.29 is 14.6 Å². The molecule has 0 spiro atoms. The van der Waals surface area contributed by atoms with Gasteiger partial charge in [0, 0.05) is 18.8 Å². The second-order valence-electron chi connectivity index (χ2n) is 4.89. The van der Waals surface area contributed by atoms with Gasteiger partial charge in [0.05, 0.1) is 25.9 Å². The van der Waals surface area contributed by atoms with Crippen LogP contribution in [0, 0.1) is 0 Å². The van der Waals surface area contributed by atoms with Gasteiger partial charge < -0.3 is 19.3 Å². The molecule has 1 aromatic heterocycles. The Hall–Kier alpha value is -1.33. The molecule has 2 aliphatic heterocycles. The highest BCUT2D eigenvalue weighted by Crippen LogP contribution is 2.22. The van der Waals surface area contributed by atoms with E-state index in [-0.39, 0.29) is 18.6 Å². The van der Waals surface area contributed by atoms with E-state index in [0.29, 0.717) is 13.2 Å². The monoisotopic (exact) mass is 250 g/mol. The lowest BCUT2D eigenvalue weighted by atomic mass is 10.2. The van der Waals surface area contributed by atoms with Crippen molar-refractivity contribution >= 4 is 5.91 Å². The van der Waals surface area contributed by atoms with Gasteiger partial charge in [-0.2, -0.15) is 0 Å². The first-order chi connectivity index (χ1) is 8.81. The number of fused-ring (bicyclic) bond motifs is 1. The highest BCUT2D eigenvalue weighted by atomic mass is 16.5. The second kappa shape index (κ2) is 4.74. The Kier molecular flexibility index (Phi) is 3.09. The molecule has 1 fully saturated rings. The molecule has 1 amide bonds. The number of aliphatic hydroxyl groups is 1. The predicted octanol–water partition coefficient (Wildman–Crippen LogP) is 0.615. The quantitative estimate of drug-likeness (QED) is 0.837. The Balaban J connectivity index is 1.86. The summed E-state index contributed by atoms with van der Waals surface area (Å²) in [4.78, 5) is 14.3. The fraction of sp³-hybridized carbons (Fsp3) is 0.615. The lowest BCUT2D eigenvalue weighted by Gasteiger charge is -2.25. The van der Waals surface area contributed by atoms with E-state index < -0.39 is 0 Å². The predicted molar refractivity (Wildman–Crippen MR) is 65.2 cm³/mol. The van der Waals surface area contributed by atoms with Crippen LogP contribution in [0.4, 0.5) is 0 Å². The fourth-order valence-corrected chi connectivity index (χ4v) is 2.86. The highest BCUT2D eigenvalue weighted by molar-refractivity contribution is 5.93. The average Bonchev–Trinajstić information content (AvgIpc) is 3.04. The van der Waals surface area contributed by atoms with Crippen molar-refractivity contribution in [1.29, 1.82) is 0 Å². The van der Waals surface area contributed by atoms with Crippen LogP contribution in [0.25, 0.3) is 0 Å². The maximum Gasteiger partial charge on any atom is 0.270 e. The zero-order valence-electron chi connectivity index (χ0n) is 10.3. The molecular weight excluding hydrogens is 232 g/mol. The highest BCUT2D eigenvalue weighted by Gasteiger charge is 2.31. The summed E-state index contributed by atoms with van der Waals surface area (Å²) < 4.78 is 7.41. The Morgan fingerprint density at radius 1 is 1.44 bits per heavy atom. The number of hydrogen-bond donors (Lipinski definition) is 1. The van der Waals surface area contributed by atoms with E-state index in [2.05, 4.69) is 0 Å². The number of carbonyl (C=O) groups excluding carboxylic acids is 1. The zero-order chi connectivity index (χ0) is 12.5. The van der Waals surface area contributed by atoms with E-state index in [1.165, 1.54) is 0 Å². The SMILES string of the molecule is O=C(c1ccc2n1CCOC2)N1CCC[C@@H]1CO. The molecule has 1 atom stereocenters. The van der Waals surface area contributed by atoms with Crippen molar-refractivity contribution in [2.24, 2.45) is 0 Å². The number of amides is 1. The third-order valence-corrected chi connectivity index (χ3v) is 3.85. The Morgan fingerprint density at radius 3 is 3.17 bits per heavy atom. The van der Waals surface area contributed by atoms with Crippen molar-refractivity contribution in [3.63, 3.8) is 0 Å². The van der Waals surface area contributed by atoms with Crippen LogP contribution in [0.15, 0.2) is 12.1 Å². The minimum absolute atomic E-state index is 0.0107. The summed E-state index contributed by atoms with van der Waals surface area (Å²) in [7, 11) is 0. The molecule has 3 heterocycles. The summed E-state index contributed by atoms with van der Waals surface area (Å²) in [6.07, 6.45) is 1.88. The van der Waals surface area contributed by atoms with E-state index in [4.69, 9.17) is 4.74 Å². The molecule has 3 rings (SSSR count). The topological polar surface area (TPSA) is 54.7 Å². The van der Waals surface area contributed by atoms with Gasteiger partial charge in [0.1, 0.15) is 5.69 Å². The van der Waals surface area contributed by atoms with Crippen LogP contribution < -0.4 is 0 Å². The van der Waals surface area contributed by atoms with E-state index in [1.54, 1.807) is 4.90 Å². The van der Waals surface area contributed by atoms with Crippen LogP contribution in [0.2, 0.25) is 0 Å². The fourth-order valence-electron chi connectivity index (χ4n) is 2.86.